The minimum Gasteiger partial charge on any atom is -0.156 e. The first kappa shape index (κ1) is 15.6. The van der Waals surface area contributed by atoms with E-state index in [1.54, 1.807) is 0 Å². The highest BCUT2D eigenvalue weighted by atomic mass is 32.1. The molecule has 4 radical (unpaired) electrons. The van der Waals surface area contributed by atoms with Crippen LogP contribution in [0.25, 0.3) is 0 Å². The molecule has 0 nitrogen and oxygen atoms in total. The van der Waals surface area contributed by atoms with Gasteiger partial charge in [-0.15, -0.1) is 0 Å². The van der Waals surface area contributed by atoms with Gasteiger partial charge in [0.2, 0.25) is 0 Å². The average molecular weight is 313 g/mol. The van der Waals surface area contributed by atoms with Gasteiger partial charge >= 0.3 is 0 Å². The quantitative estimate of drug-likeness (QED) is 0.741. The summed E-state index contributed by atoms with van der Waals surface area (Å²) in [5.41, 5.74) is 0. The van der Waals surface area contributed by atoms with E-state index in [1.807, 2.05) is 19.4 Å². The van der Waals surface area contributed by atoms with Crippen molar-refractivity contribution in [1.82, 2.24) is 0 Å². The number of hydrogen-bond donors (Lipinski definition) is 0. The Bertz CT molecular complexity index is 346. The molecule has 0 fully saturated rings. The maximum atomic E-state index is 2.48. The third kappa shape index (κ3) is 3.31. The van der Waals surface area contributed by atoms with E-state index in [0.29, 0.717) is 0 Å². The van der Waals surface area contributed by atoms with Gasteiger partial charge in [0.1, 0.15) is 0 Å². The Kier molecular flexibility index (Phi) is 5.65. The van der Waals surface area contributed by atoms with Gasteiger partial charge in [0, 0.05) is 0 Å². The molecule has 0 atom stereocenters. The Labute approximate surface area is 118 Å². The molecule has 0 aliphatic carbocycles. The molecule has 0 bridgehead atoms. The predicted molar refractivity (Wildman–Crippen MR) is 92.8 cm³/mol. The van der Waals surface area contributed by atoms with E-state index in [2.05, 4.69) is 63.7 Å². The van der Waals surface area contributed by atoms with E-state index < -0.39 is 0 Å². The highest BCUT2D eigenvalue weighted by Gasteiger charge is 2.26. The van der Waals surface area contributed by atoms with Gasteiger partial charge in [0.05, 0.1) is 35.2 Å². The van der Waals surface area contributed by atoms with Gasteiger partial charge in [0.25, 0.3) is 0 Å². The Balaban J connectivity index is 3.49. The SMILES string of the molecule is C[Si](C)c1sc([Si](C)C)c([Si](C)C)c1[Si](C)C. The van der Waals surface area contributed by atoms with Gasteiger partial charge in [-0.2, -0.15) is 11.3 Å². The van der Waals surface area contributed by atoms with Crippen LogP contribution >= 0.6 is 11.3 Å². The second kappa shape index (κ2) is 6.14. The number of rotatable bonds is 4. The fourth-order valence-electron chi connectivity index (χ4n) is 2.09. The topological polar surface area (TPSA) is 0 Å². The van der Waals surface area contributed by atoms with Crippen molar-refractivity contribution < 1.29 is 0 Å². The second-order valence-corrected chi connectivity index (χ2v) is 17.3. The predicted octanol–water partition coefficient (Wildman–Crippen LogP) is 1.59. The number of hydrogen-bond acceptors (Lipinski definition) is 1. The molecule has 1 aromatic heterocycles. The maximum absolute atomic E-state index is 2.48. The molecular formula is C12H24SSi4. The fraction of sp³-hybridized carbons (Fsp3) is 0.667. The first-order valence-corrected chi connectivity index (χ1v) is 17.0. The zero-order valence-corrected chi connectivity index (χ0v) is 17.2. The van der Waals surface area contributed by atoms with Crippen molar-refractivity contribution in [3.05, 3.63) is 0 Å². The van der Waals surface area contributed by atoms with Gasteiger partial charge in [0.15, 0.2) is 0 Å². The van der Waals surface area contributed by atoms with E-state index in [4.69, 9.17) is 0 Å². The third-order valence-corrected chi connectivity index (χ3v) is 13.1. The molecule has 0 spiro atoms. The van der Waals surface area contributed by atoms with Crippen LogP contribution in [-0.4, -0.2) is 35.2 Å². The van der Waals surface area contributed by atoms with Crippen molar-refractivity contribution in [3.8, 4) is 0 Å². The molecule has 0 saturated heterocycles. The van der Waals surface area contributed by atoms with Gasteiger partial charge in [-0.25, -0.2) is 0 Å². The molecule has 0 aliphatic rings. The Morgan fingerprint density at radius 2 is 0.824 bits per heavy atom. The summed E-state index contributed by atoms with van der Waals surface area (Å²) in [6, 6.07) is 0. The average Bonchev–Trinajstić information content (AvgIpc) is 2.56. The zero-order chi connectivity index (χ0) is 13.3. The first-order valence-electron chi connectivity index (χ1n) is 6.16. The van der Waals surface area contributed by atoms with Crippen LogP contribution in [0, 0.1) is 0 Å². The molecule has 0 aliphatic heterocycles. The van der Waals surface area contributed by atoms with Gasteiger partial charge in [-0.3, -0.25) is 0 Å². The molecule has 0 saturated carbocycles. The summed E-state index contributed by atoms with van der Waals surface area (Å²) in [7, 11) is -1.15. The summed E-state index contributed by atoms with van der Waals surface area (Å²) in [5.74, 6) is 0. The van der Waals surface area contributed by atoms with Gasteiger partial charge in [-0.05, 0) is 9.00 Å². The van der Waals surface area contributed by atoms with Crippen molar-refractivity contribution in [1.29, 1.82) is 0 Å². The van der Waals surface area contributed by atoms with Crippen LogP contribution < -0.4 is 19.4 Å². The largest absolute Gasteiger partial charge is 0.156 e. The summed E-state index contributed by atoms with van der Waals surface area (Å²) in [6.07, 6.45) is 0. The summed E-state index contributed by atoms with van der Waals surface area (Å²) in [6.45, 7) is 19.8. The third-order valence-electron chi connectivity index (χ3n) is 2.82. The van der Waals surface area contributed by atoms with Crippen LogP contribution in [0.5, 0.6) is 0 Å². The lowest BCUT2D eigenvalue weighted by molar-refractivity contribution is 1.92. The molecule has 17 heavy (non-hydrogen) atoms. The first-order chi connectivity index (χ1) is 7.77. The van der Waals surface area contributed by atoms with Gasteiger partial charge < -0.3 is 0 Å². The standard InChI is InChI=1S/C12H24SSi4/c1-14(2)9-10(15(3)4)12(17(7)8)13-11(9)16(5)6/h1-8H3. The van der Waals surface area contributed by atoms with Crippen molar-refractivity contribution in [2.45, 2.75) is 52.4 Å². The molecule has 5 heteroatoms. The Morgan fingerprint density at radius 1 is 0.529 bits per heavy atom. The van der Waals surface area contributed by atoms with E-state index in [-0.39, 0.29) is 35.2 Å². The van der Waals surface area contributed by atoms with E-state index in [9.17, 15) is 0 Å². The van der Waals surface area contributed by atoms with E-state index in [1.165, 1.54) is 0 Å². The Hall–Kier alpha value is 0.568. The maximum Gasteiger partial charge on any atom is 0.0925 e. The summed E-state index contributed by atoms with van der Waals surface area (Å²) in [4.78, 5) is 0. The molecule has 94 valence electrons. The van der Waals surface area contributed by atoms with Crippen LogP contribution in [0.3, 0.4) is 0 Å². The Morgan fingerprint density at radius 3 is 1.00 bits per heavy atom. The second-order valence-electron chi connectivity index (χ2n) is 5.51. The smallest absolute Gasteiger partial charge is 0.0925 e. The van der Waals surface area contributed by atoms with Crippen molar-refractivity contribution in [3.63, 3.8) is 0 Å². The van der Waals surface area contributed by atoms with E-state index in [0.717, 1.165) is 0 Å². The zero-order valence-electron chi connectivity index (χ0n) is 12.4. The molecule has 1 aromatic rings. The molecule has 1 rings (SSSR count). The summed E-state index contributed by atoms with van der Waals surface area (Å²) < 4.78 is 3.63. The van der Waals surface area contributed by atoms with Crippen molar-refractivity contribution in [2.24, 2.45) is 0 Å². The van der Waals surface area contributed by atoms with Crippen molar-refractivity contribution in [2.75, 3.05) is 0 Å². The number of thiophene rings is 1. The minimum atomic E-state index is -0.295. The van der Waals surface area contributed by atoms with Crippen molar-refractivity contribution >= 4 is 65.9 Å². The molecule has 1 heterocycles. The summed E-state index contributed by atoms with van der Waals surface area (Å²) in [5, 5.41) is 3.72. The van der Waals surface area contributed by atoms with E-state index >= 15 is 0 Å². The molecule has 0 amide bonds. The van der Waals surface area contributed by atoms with Crippen LogP contribution in [0.2, 0.25) is 52.4 Å². The summed E-state index contributed by atoms with van der Waals surface area (Å²) >= 11 is 2.20. The monoisotopic (exact) mass is 312 g/mol. The fourth-order valence-corrected chi connectivity index (χ4v) is 15.1. The molecule has 0 unspecified atom stereocenters. The lowest BCUT2D eigenvalue weighted by Gasteiger charge is -2.15. The molecule has 0 aromatic carbocycles. The van der Waals surface area contributed by atoms with Crippen LogP contribution in [0.15, 0.2) is 0 Å². The van der Waals surface area contributed by atoms with Crippen LogP contribution in [0.1, 0.15) is 0 Å². The lowest BCUT2D eigenvalue weighted by Crippen LogP contribution is -2.55. The molecule has 0 N–H and O–H groups in total. The van der Waals surface area contributed by atoms with Crippen LogP contribution in [-0.2, 0) is 0 Å². The lowest BCUT2D eigenvalue weighted by atomic mass is 10.6. The van der Waals surface area contributed by atoms with Crippen LogP contribution in [0.4, 0.5) is 0 Å². The normalized spacial score (nSPS) is 12.5. The molecular weight excluding hydrogens is 289 g/mol. The highest BCUT2D eigenvalue weighted by molar-refractivity contribution is 7.35. The minimum absolute atomic E-state index is 0.277. The highest BCUT2D eigenvalue weighted by Crippen LogP contribution is 2.00. The van der Waals surface area contributed by atoms with Gasteiger partial charge in [-0.1, -0.05) is 62.7 Å².